The maximum atomic E-state index is 12.7. The van der Waals surface area contributed by atoms with Crippen LogP contribution >= 0.6 is 11.8 Å². The molecule has 1 saturated heterocycles. The maximum absolute atomic E-state index is 12.7. The van der Waals surface area contributed by atoms with Gasteiger partial charge in [-0.25, -0.2) is 9.69 Å². The summed E-state index contributed by atoms with van der Waals surface area (Å²) in [6.07, 6.45) is 0.823. The summed E-state index contributed by atoms with van der Waals surface area (Å²) < 4.78 is 4.64. The number of carbonyl (C=O) groups excluding carboxylic acids is 4. The van der Waals surface area contributed by atoms with Gasteiger partial charge in [-0.05, 0) is 42.3 Å². The fourth-order valence-corrected chi connectivity index (χ4v) is 4.12. The Morgan fingerprint density at radius 2 is 1.83 bits per heavy atom. The molecule has 1 fully saturated rings. The van der Waals surface area contributed by atoms with Gasteiger partial charge in [-0.3, -0.25) is 14.4 Å². The lowest BCUT2D eigenvalue weighted by Gasteiger charge is -2.15. The van der Waals surface area contributed by atoms with Crippen LogP contribution in [0.5, 0.6) is 0 Å². The van der Waals surface area contributed by atoms with Gasteiger partial charge in [0.05, 0.1) is 29.4 Å². The molecular formula is C22H22N2O5S. The van der Waals surface area contributed by atoms with E-state index in [1.807, 2.05) is 31.2 Å². The van der Waals surface area contributed by atoms with Gasteiger partial charge in [0.25, 0.3) is 0 Å². The molecule has 0 spiro atoms. The average Bonchev–Trinajstić information content (AvgIpc) is 3.05. The van der Waals surface area contributed by atoms with Gasteiger partial charge in [0.2, 0.25) is 17.7 Å². The first-order valence-corrected chi connectivity index (χ1v) is 10.5. The van der Waals surface area contributed by atoms with Crippen LogP contribution in [0.25, 0.3) is 0 Å². The number of hydrogen-bond acceptors (Lipinski definition) is 6. The number of thioether (sulfide) groups is 1. The number of benzene rings is 2. The van der Waals surface area contributed by atoms with Crippen LogP contribution in [0.2, 0.25) is 0 Å². The van der Waals surface area contributed by atoms with Crippen molar-refractivity contribution in [1.29, 1.82) is 0 Å². The van der Waals surface area contributed by atoms with E-state index in [0.717, 1.165) is 34.3 Å². The number of amides is 3. The van der Waals surface area contributed by atoms with E-state index in [0.29, 0.717) is 11.3 Å². The molecule has 1 atom stereocenters. The Morgan fingerprint density at radius 3 is 2.50 bits per heavy atom. The van der Waals surface area contributed by atoms with E-state index in [1.165, 1.54) is 31.4 Å². The zero-order chi connectivity index (χ0) is 21.7. The van der Waals surface area contributed by atoms with Crippen LogP contribution in [0, 0.1) is 0 Å². The zero-order valence-corrected chi connectivity index (χ0v) is 17.5. The Balaban J connectivity index is 1.61. The molecule has 3 rings (SSSR count). The molecule has 0 bridgehead atoms. The van der Waals surface area contributed by atoms with Crippen molar-refractivity contribution >= 4 is 46.8 Å². The zero-order valence-electron chi connectivity index (χ0n) is 16.7. The number of nitrogens with one attached hydrogen (secondary N) is 1. The smallest absolute Gasteiger partial charge is 0.337 e. The minimum absolute atomic E-state index is 0.0288. The van der Waals surface area contributed by atoms with E-state index in [1.54, 1.807) is 0 Å². The van der Waals surface area contributed by atoms with Crippen LogP contribution in [0.3, 0.4) is 0 Å². The van der Waals surface area contributed by atoms with Crippen LogP contribution in [0.1, 0.15) is 29.3 Å². The Bertz CT molecular complexity index is 974. The van der Waals surface area contributed by atoms with Gasteiger partial charge in [-0.1, -0.05) is 25.1 Å². The van der Waals surface area contributed by atoms with Crippen LogP contribution < -0.4 is 10.2 Å². The number of nitrogens with zero attached hydrogens (tertiary/aromatic N) is 1. The second kappa shape index (κ2) is 9.58. The predicted molar refractivity (Wildman–Crippen MR) is 116 cm³/mol. The molecule has 7 nitrogen and oxygen atoms in total. The number of methoxy groups -OCH3 is 1. The highest BCUT2D eigenvalue weighted by atomic mass is 32.2. The lowest BCUT2D eigenvalue weighted by molar-refractivity contribution is -0.121. The molecule has 0 aliphatic carbocycles. The number of hydrogen-bond donors (Lipinski definition) is 1. The molecule has 0 radical (unpaired) electrons. The minimum Gasteiger partial charge on any atom is -0.465 e. The Labute approximate surface area is 178 Å². The number of carbonyl (C=O) groups is 4. The highest BCUT2D eigenvalue weighted by molar-refractivity contribution is 8.01. The first-order chi connectivity index (χ1) is 14.4. The fourth-order valence-electron chi connectivity index (χ4n) is 3.18. The first kappa shape index (κ1) is 21.6. The summed E-state index contributed by atoms with van der Waals surface area (Å²) in [5.41, 5.74) is 2.51. The van der Waals surface area contributed by atoms with Gasteiger partial charge >= 0.3 is 5.97 Å². The SMILES string of the molecule is CCc1ccccc1NC(=O)CS[C@@H]1CC(=O)N(c2ccc(C(=O)OC)cc2)C1=O. The molecule has 2 aromatic rings. The fraction of sp³-hybridized carbons (Fsp3) is 0.273. The molecule has 3 amide bonds. The van der Waals surface area contributed by atoms with Gasteiger partial charge in [0.15, 0.2) is 0 Å². The third-order valence-corrected chi connectivity index (χ3v) is 5.94. The van der Waals surface area contributed by atoms with Crippen molar-refractivity contribution in [3.63, 3.8) is 0 Å². The average molecular weight is 426 g/mol. The van der Waals surface area contributed by atoms with Crippen molar-refractivity contribution < 1.29 is 23.9 Å². The third kappa shape index (κ3) is 4.71. The quantitative estimate of drug-likeness (QED) is 0.540. The Hall–Kier alpha value is -3.13. The summed E-state index contributed by atoms with van der Waals surface area (Å²) in [7, 11) is 1.28. The van der Waals surface area contributed by atoms with E-state index in [9.17, 15) is 19.2 Å². The number of para-hydroxylation sites is 1. The summed E-state index contributed by atoms with van der Waals surface area (Å²) in [6.45, 7) is 2.01. The van der Waals surface area contributed by atoms with E-state index in [4.69, 9.17) is 0 Å². The number of ether oxygens (including phenoxy) is 1. The number of esters is 1. The van der Waals surface area contributed by atoms with Crippen molar-refractivity contribution in [3.8, 4) is 0 Å². The molecule has 0 unspecified atom stereocenters. The molecule has 30 heavy (non-hydrogen) atoms. The van der Waals surface area contributed by atoms with Crippen molar-refractivity contribution in [2.75, 3.05) is 23.1 Å². The normalized spacial score (nSPS) is 15.9. The van der Waals surface area contributed by atoms with Gasteiger partial charge < -0.3 is 10.1 Å². The molecule has 2 aromatic carbocycles. The molecule has 1 aliphatic rings. The van der Waals surface area contributed by atoms with Crippen LogP contribution in [-0.4, -0.2) is 41.8 Å². The highest BCUT2D eigenvalue weighted by Gasteiger charge is 2.40. The van der Waals surface area contributed by atoms with Crippen molar-refractivity contribution in [2.45, 2.75) is 25.0 Å². The second-order valence-electron chi connectivity index (χ2n) is 6.67. The summed E-state index contributed by atoms with van der Waals surface area (Å²) in [6, 6.07) is 13.6. The molecule has 156 valence electrons. The Morgan fingerprint density at radius 1 is 1.13 bits per heavy atom. The van der Waals surface area contributed by atoms with Crippen LogP contribution in [0.4, 0.5) is 11.4 Å². The summed E-state index contributed by atoms with van der Waals surface area (Å²) >= 11 is 1.15. The topological polar surface area (TPSA) is 92.8 Å². The molecule has 1 heterocycles. The second-order valence-corrected chi connectivity index (χ2v) is 7.86. The van der Waals surface area contributed by atoms with Crippen molar-refractivity contribution in [1.82, 2.24) is 0 Å². The predicted octanol–water partition coefficient (Wildman–Crippen LogP) is 3.04. The maximum Gasteiger partial charge on any atom is 0.337 e. The van der Waals surface area contributed by atoms with Gasteiger partial charge in [0, 0.05) is 12.1 Å². The number of aryl methyl sites for hydroxylation is 1. The van der Waals surface area contributed by atoms with E-state index in [-0.39, 0.29) is 29.9 Å². The van der Waals surface area contributed by atoms with Gasteiger partial charge in [-0.2, -0.15) is 0 Å². The molecule has 8 heteroatoms. The van der Waals surface area contributed by atoms with Gasteiger partial charge in [-0.15, -0.1) is 11.8 Å². The monoisotopic (exact) mass is 426 g/mol. The summed E-state index contributed by atoms with van der Waals surface area (Å²) in [5.74, 6) is -1.35. The van der Waals surface area contributed by atoms with Crippen molar-refractivity contribution in [2.24, 2.45) is 0 Å². The molecule has 0 aromatic heterocycles. The first-order valence-electron chi connectivity index (χ1n) is 9.49. The van der Waals surface area contributed by atoms with E-state index < -0.39 is 11.2 Å². The Kier molecular flexibility index (Phi) is 6.89. The lowest BCUT2D eigenvalue weighted by atomic mass is 10.1. The number of rotatable bonds is 7. The summed E-state index contributed by atoms with van der Waals surface area (Å²) in [4.78, 5) is 50.1. The third-order valence-electron chi connectivity index (χ3n) is 4.74. The van der Waals surface area contributed by atoms with E-state index >= 15 is 0 Å². The largest absolute Gasteiger partial charge is 0.465 e. The van der Waals surface area contributed by atoms with Gasteiger partial charge in [0.1, 0.15) is 0 Å². The lowest BCUT2D eigenvalue weighted by Crippen LogP contribution is -2.31. The van der Waals surface area contributed by atoms with E-state index in [2.05, 4.69) is 10.1 Å². The highest BCUT2D eigenvalue weighted by Crippen LogP contribution is 2.30. The number of imide groups is 1. The molecule has 1 aliphatic heterocycles. The van der Waals surface area contributed by atoms with Crippen LogP contribution in [-0.2, 0) is 25.5 Å². The molecule has 0 saturated carbocycles. The molecular weight excluding hydrogens is 404 g/mol. The number of anilines is 2. The molecule has 1 N–H and O–H groups in total. The minimum atomic E-state index is -0.620. The van der Waals surface area contributed by atoms with Crippen LogP contribution in [0.15, 0.2) is 48.5 Å². The summed E-state index contributed by atoms with van der Waals surface area (Å²) in [5, 5.41) is 2.24. The standard InChI is InChI=1S/C22H22N2O5S/c1-3-14-6-4-5-7-17(14)23-19(25)13-30-18-12-20(26)24(21(18)27)16-10-8-15(9-11-16)22(28)29-2/h4-11,18H,3,12-13H2,1-2H3,(H,23,25)/t18-/m1/s1. The van der Waals surface area contributed by atoms with Crippen molar-refractivity contribution in [3.05, 3.63) is 59.7 Å².